The Morgan fingerprint density at radius 2 is 1.71 bits per heavy atom. The lowest BCUT2D eigenvalue weighted by atomic mass is 10.2. The van der Waals surface area contributed by atoms with Crippen molar-refractivity contribution in [3.63, 3.8) is 0 Å². The fraction of sp³-hybridized carbons (Fsp3) is 0.462. The molecule has 1 fully saturated rings. The first kappa shape index (κ1) is 17.8. The third kappa shape index (κ3) is 3.69. The Morgan fingerprint density at radius 1 is 1.12 bits per heavy atom. The molecule has 1 aliphatic heterocycles. The summed E-state index contributed by atoms with van der Waals surface area (Å²) in [6.07, 6.45) is -3.88. The van der Waals surface area contributed by atoms with Crippen molar-refractivity contribution < 1.29 is 31.1 Å². The lowest BCUT2D eigenvalue weighted by Gasteiger charge is -2.36. The van der Waals surface area contributed by atoms with E-state index in [1.165, 1.54) is 0 Å². The molecule has 130 valence electrons. The van der Waals surface area contributed by atoms with E-state index in [9.17, 15) is 31.1 Å². The number of rotatable bonds is 1. The zero-order chi connectivity index (χ0) is 18.1. The van der Waals surface area contributed by atoms with Crippen molar-refractivity contribution in [3.05, 3.63) is 17.6 Å². The number of nitrogens with zero attached hydrogens (tertiary/aromatic N) is 4. The molecule has 5 nitrogen and oxygen atoms in total. The number of hydrogen-bond acceptors (Lipinski definition) is 4. The molecular weight excluding hydrogens is 342 g/mol. The minimum atomic E-state index is -5.02. The molecule has 2 rings (SSSR count). The Labute approximate surface area is 132 Å². The number of anilines is 1. The van der Waals surface area contributed by atoms with E-state index in [1.54, 1.807) is 0 Å². The second kappa shape index (κ2) is 6.18. The largest absolute Gasteiger partial charge is 0.471 e. The van der Waals surface area contributed by atoms with Gasteiger partial charge in [0.15, 0.2) is 11.5 Å². The van der Waals surface area contributed by atoms with E-state index in [1.807, 2.05) is 5.92 Å². The molecule has 0 N–H and O–H groups in total. The van der Waals surface area contributed by atoms with E-state index in [2.05, 4.69) is 9.97 Å². The highest BCUT2D eigenvalue weighted by Crippen LogP contribution is 2.34. The van der Waals surface area contributed by atoms with Gasteiger partial charge in [-0.15, -0.1) is 6.42 Å². The van der Waals surface area contributed by atoms with Gasteiger partial charge in [0, 0.05) is 26.2 Å². The zero-order valence-electron chi connectivity index (χ0n) is 11.9. The molecule has 1 aromatic rings. The van der Waals surface area contributed by atoms with Gasteiger partial charge in [-0.25, -0.2) is 9.97 Å². The number of carbonyl (C=O) groups excluding carboxylic acids is 1. The maximum absolute atomic E-state index is 13.1. The summed E-state index contributed by atoms with van der Waals surface area (Å²) in [6, 6.07) is 0. The number of piperazine rings is 1. The predicted octanol–water partition coefficient (Wildman–Crippen LogP) is 1.69. The summed E-state index contributed by atoms with van der Waals surface area (Å²) >= 11 is 0. The quantitative estimate of drug-likeness (QED) is 0.570. The van der Waals surface area contributed by atoms with Crippen molar-refractivity contribution in [3.8, 4) is 12.3 Å². The third-order valence-electron chi connectivity index (χ3n) is 3.28. The minimum Gasteiger partial charge on any atom is -0.351 e. The fourth-order valence-corrected chi connectivity index (χ4v) is 2.17. The van der Waals surface area contributed by atoms with Gasteiger partial charge in [-0.05, 0) is 5.92 Å². The zero-order valence-corrected chi connectivity index (χ0v) is 11.9. The van der Waals surface area contributed by atoms with Crippen molar-refractivity contribution >= 4 is 11.7 Å². The van der Waals surface area contributed by atoms with Gasteiger partial charge in [-0.2, -0.15) is 26.3 Å². The summed E-state index contributed by atoms with van der Waals surface area (Å²) in [5.41, 5.74) is -1.62. The summed E-state index contributed by atoms with van der Waals surface area (Å²) in [5.74, 6) is -0.610. The Bertz CT molecular complexity index is 671. The summed E-state index contributed by atoms with van der Waals surface area (Å²) in [4.78, 5) is 19.7. The maximum Gasteiger partial charge on any atom is 0.471 e. The molecule has 0 aromatic carbocycles. The number of aromatic nitrogens is 2. The summed E-state index contributed by atoms with van der Waals surface area (Å²) in [7, 11) is 0. The van der Waals surface area contributed by atoms with Crippen LogP contribution in [0.25, 0.3) is 0 Å². The number of carbonyl (C=O) groups is 1. The number of hydrogen-bond donors (Lipinski definition) is 0. The SMILES string of the molecule is C#Cc1cnc(N2CCN(C(=O)C(F)(F)F)CC2)c(C(F)(F)F)n1. The molecule has 0 radical (unpaired) electrons. The molecule has 1 aromatic heterocycles. The molecule has 0 aliphatic carbocycles. The van der Waals surface area contributed by atoms with Crippen LogP contribution >= 0.6 is 0 Å². The molecule has 0 spiro atoms. The Balaban J connectivity index is 2.21. The van der Waals surface area contributed by atoms with Crippen LogP contribution in [0.3, 0.4) is 0 Å². The monoisotopic (exact) mass is 352 g/mol. The van der Waals surface area contributed by atoms with Crippen LogP contribution in [0.2, 0.25) is 0 Å². The van der Waals surface area contributed by atoms with Crippen molar-refractivity contribution in [2.24, 2.45) is 0 Å². The first-order valence-corrected chi connectivity index (χ1v) is 6.56. The van der Waals surface area contributed by atoms with Gasteiger partial charge >= 0.3 is 18.3 Å². The highest BCUT2D eigenvalue weighted by atomic mass is 19.4. The predicted molar refractivity (Wildman–Crippen MR) is 69.8 cm³/mol. The Hall–Kier alpha value is -2.51. The number of amides is 1. The minimum absolute atomic E-state index is 0.241. The fourth-order valence-electron chi connectivity index (χ4n) is 2.17. The van der Waals surface area contributed by atoms with Gasteiger partial charge in [0.05, 0.1) is 6.20 Å². The van der Waals surface area contributed by atoms with Crippen LogP contribution < -0.4 is 4.90 Å². The van der Waals surface area contributed by atoms with Crippen molar-refractivity contribution in [2.75, 3.05) is 31.1 Å². The van der Waals surface area contributed by atoms with Crippen molar-refractivity contribution in [2.45, 2.75) is 12.4 Å². The Morgan fingerprint density at radius 3 is 2.17 bits per heavy atom. The van der Waals surface area contributed by atoms with E-state index in [0.717, 1.165) is 11.1 Å². The molecule has 24 heavy (non-hydrogen) atoms. The topological polar surface area (TPSA) is 49.3 Å². The molecule has 1 amide bonds. The van der Waals surface area contributed by atoms with E-state index in [0.29, 0.717) is 4.90 Å². The smallest absolute Gasteiger partial charge is 0.351 e. The molecular formula is C13H10F6N4O. The van der Waals surface area contributed by atoms with Crippen molar-refractivity contribution in [1.29, 1.82) is 0 Å². The second-order valence-electron chi connectivity index (χ2n) is 4.85. The first-order valence-electron chi connectivity index (χ1n) is 6.56. The average molecular weight is 352 g/mol. The molecule has 2 heterocycles. The number of alkyl halides is 6. The van der Waals surface area contributed by atoms with Crippen LogP contribution in [0.1, 0.15) is 11.4 Å². The second-order valence-corrected chi connectivity index (χ2v) is 4.85. The van der Waals surface area contributed by atoms with Crippen LogP contribution in [0.5, 0.6) is 0 Å². The van der Waals surface area contributed by atoms with Crippen LogP contribution in [-0.4, -0.2) is 53.1 Å². The van der Waals surface area contributed by atoms with Gasteiger partial charge < -0.3 is 9.80 Å². The highest BCUT2D eigenvalue weighted by Gasteiger charge is 2.44. The van der Waals surface area contributed by atoms with Gasteiger partial charge in [-0.1, -0.05) is 0 Å². The van der Waals surface area contributed by atoms with Crippen LogP contribution in [0, 0.1) is 12.3 Å². The number of halogens is 6. The van der Waals surface area contributed by atoms with E-state index >= 15 is 0 Å². The van der Waals surface area contributed by atoms with Gasteiger partial charge in [0.1, 0.15) is 5.69 Å². The van der Waals surface area contributed by atoms with Crippen LogP contribution in [0.15, 0.2) is 6.20 Å². The van der Waals surface area contributed by atoms with Gasteiger partial charge in [-0.3, -0.25) is 4.79 Å². The molecule has 0 unspecified atom stereocenters. The van der Waals surface area contributed by atoms with E-state index in [-0.39, 0.29) is 31.9 Å². The van der Waals surface area contributed by atoms with Gasteiger partial charge in [0.25, 0.3) is 0 Å². The standard InChI is InChI=1S/C13H10F6N4O/c1-2-8-7-20-10(9(21-8)12(14,15)16)22-3-5-23(6-4-22)11(24)13(17,18)19/h1,7H,3-6H2. The lowest BCUT2D eigenvalue weighted by Crippen LogP contribution is -2.52. The molecule has 1 saturated heterocycles. The van der Waals surface area contributed by atoms with Crippen LogP contribution in [0.4, 0.5) is 32.2 Å². The molecule has 0 saturated carbocycles. The van der Waals surface area contributed by atoms with Crippen molar-refractivity contribution in [1.82, 2.24) is 14.9 Å². The summed E-state index contributed by atoms with van der Waals surface area (Å²) < 4.78 is 76.3. The lowest BCUT2D eigenvalue weighted by molar-refractivity contribution is -0.185. The summed E-state index contributed by atoms with van der Waals surface area (Å²) in [5, 5.41) is 0. The highest BCUT2D eigenvalue weighted by molar-refractivity contribution is 5.82. The van der Waals surface area contributed by atoms with E-state index < -0.39 is 29.8 Å². The van der Waals surface area contributed by atoms with E-state index in [4.69, 9.17) is 6.42 Å². The third-order valence-corrected chi connectivity index (χ3v) is 3.28. The van der Waals surface area contributed by atoms with Gasteiger partial charge in [0.2, 0.25) is 0 Å². The molecule has 1 aliphatic rings. The average Bonchev–Trinajstić information content (AvgIpc) is 2.52. The van der Waals surface area contributed by atoms with Crippen LogP contribution in [-0.2, 0) is 11.0 Å². The maximum atomic E-state index is 13.1. The first-order chi connectivity index (χ1) is 11.0. The Kier molecular flexibility index (Phi) is 4.59. The molecule has 11 heteroatoms. The summed E-state index contributed by atoms with van der Waals surface area (Å²) in [6.45, 7) is -1.24. The molecule has 0 atom stereocenters. The normalized spacial score (nSPS) is 16.0. The molecule has 0 bridgehead atoms. The number of terminal acetylenes is 1.